The molecule has 0 N–H and O–H groups in total. The second-order valence-electron chi connectivity index (χ2n) is 10.2. The van der Waals surface area contributed by atoms with Gasteiger partial charge in [-0.3, -0.25) is 19.0 Å². The van der Waals surface area contributed by atoms with E-state index >= 15 is 0 Å². The Kier molecular flexibility index (Phi) is 6.90. The van der Waals surface area contributed by atoms with E-state index in [0.29, 0.717) is 60.7 Å². The summed E-state index contributed by atoms with van der Waals surface area (Å²) >= 11 is 0. The minimum atomic E-state index is -0.0843. The van der Waals surface area contributed by atoms with Gasteiger partial charge in [0.05, 0.1) is 10.9 Å². The van der Waals surface area contributed by atoms with E-state index in [9.17, 15) is 14.4 Å². The van der Waals surface area contributed by atoms with E-state index in [1.165, 1.54) is 5.56 Å². The van der Waals surface area contributed by atoms with E-state index < -0.39 is 0 Å². The summed E-state index contributed by atoms with van der Waals surface area (Å²) in [5.41, 5.74) is 3.01. The van der Waals surface area contributed by atoms with Crippen LogP contribution in [0.4, 0.5) is 0 Å². The third-order valence-corrected chi connectivity index (χ3v) is 7.49. The first-order valence-corrected chi connectivity index (χ1v) is 13.1. The second kappa shape index (κ2) is 10.2. The van der Waals surface area contributed by atoms with Crippen LogP contribution in [0.1, 0.15) is 77.6 Å². The molecule has 0 saturated carbocycles. The van der Waals surface area contributed by atoms with Gasteiger partial charge in [-0.1, -0.05) is 38.8 Å². The van der Waals surface area contributed by atoms with Crippen molar-refractivity contribution in [2.45, 2.75) is 58.4 Å². The van der Waals surface area contributed by atoms with Crippen LogP contribution in [0.2, 0.25) is 0 Å². The molecule has 7 nitrogen and oxygen atoms in total. The third kappa shape index (κ3) is 4.79. The number of hydrogen-bond donors (Lipinski definition) is 0. The number of amides is 2. The number of fused-ring (bicyclic) bond motifs is 2. The highest BCUT2D eigenvalue weighted by atomic mass is 16.2. The minimum Gasteiger partial charge on any atom is -0.335 e. The Labute approximate surface area is 211 Å². The zero-order valence-electron chi connectivity index (χ0n) is 21.2. The van der Waals surface area contributed by atoms with Gasteiger partial charge in [0.2, 0.25) is 0 Å². The fraction of sp³-hybridized carbons (Fsp3) is 0.448. The van der Waals surface area contributed by atoms with Crippen LogP contribution in [-0.4, -0.2) is 57.3 Å². The van der Waals surface area contributed by atoms with E-state index in [0.717, 1.165) is 37.9 Å². The molecule has 0 atom stereocenters. The number of carbonyl (C=O) groups excluding carboxylic acids is 2. The number of piperazine rings is 1. The lowest BCUT2D eigenvalue weighted by molar-refractivity contribution is 0.0535. The first-order valence-electron chi connectivity index (χ1n) is 13.1. The van der Waals surface area contributed by atoms with Crippen molar-refractivity contribution in [2.75, 3.05) is 26.2 Å². The fourth-order valence-electron chi connectivity index (χ4n) is 5.22. The van der Waals surface area contributed by atoms with Gasteiger partial charge in [-0.05, 0) is 54.7 Å². The Morgan fingerprint density at radius 3 is 2.06 bits per heavy atom. The fourth-order valence-corrected chi connectivity index (χ4v) is 5.22. The Balaban J connectivity index is 1.29. The number of nitrogens with zero attached hydrogens (tertiary/aromatic N) is 4. The highest BCUT2D eigenvalue weighted by Crippen LogP contribution is 2.19. The Morgan fingerprint density at radius 2 is 1.39 bits per heavy atom. The number of carbonyl (C=O) groups is 2. The smallest absolute Gasteiger partial charge is 0.261 e. The Morgan fingerprint density at radius 1 is 0.778 bits per heavy atom. The molecular formula is C29H34N4O3. The molecule has 0 unspecified atom stereocenters. The van der Waals surface area contributed by atoms with Gasteiger partial charge in [0, 0.05) is 50.3 Å². The van der Waals surface area contributed by atoms with Crippen molar-refractivity contribution in [1.29, 1.82) is 0 Å². The van der Waals surface area contributed by atoms with Crippen LogP contribution < -0.4 is 5.56 Å². The van der Waals surface area contributed by atoms with Gasteiger partial charge in [0.1, 0.15) is 5.82 Å². The maximum Gasteiger partial charge on any atom is 0.261 e. The number of benzene rings is 2. The maximum atomic E-state index is 13.3. The van der Waals surface area contributed by atoms with Gasteiger partial charge < -0.3 is 9.80 Å². The van der Waals surface area contributed by atoms with Crippen molar-refractivity contribution in [3.05, 3.63) is 75.3 Å². The largest absolute Gasteiger partial charge is 0.335 e. The summed E-state index contributed by atoms with van der Waals surface area (Å²) in [6, 6.07) is 13.0. The molecule has 188 valence electrons. The molecule has 2 aromatic carbocycles. The number of aromatic nitrogens is 2. The summed E-state index contributed by atoms with van der Waals surface area (Å²) in [6.45, 7) is 6.93. The number of rotatable bonds is 3. The lowest BCUT2D eigenvalue weighted by Crippen LogP contribution is -2.50. The molecule has 0 spiro atoms. The quantitative estimate of drug-likeness (QED) is 0.555. The summed E-state index contributed by atoms with van der Waals surface area (Å²) in [4.78, 5) is 47.7. The molecule has 1 fully saturated rings. The molecule has 36 heavy (non-hydrogen) atoms. The highest BCUT2D eigenvalue weighted by Gasteiger charge is 2.26. The molecule has 0 radical (unpaired) electrons. The van der Waals surface area contributed by atoms with Crippen LogP contribution in [-0.2, 0) is 13.0 Å². The van der Waals surface area contributed by atoms with E-state index in [2.05, 4.69) is 13.8 Å². The molecule has 3 aromatic rings. The van der Waals surface area contributed by atoms with Crippen LogP contribution in [0, 0.1) is 0 Å². The zero-order valence-corrected chi connectivity index (χ0v) is 21.2. The van der Waals surface area contributed by atoms with E-state index in [1.807, 2.05) is 33.7 Å². The summed E-state index contributed by atoms with van der Waals surface area (Å²) in [5, 5.41) is 0.565. The van der Waals surface area contributed by atoms with Gasteiger partial charge >= 0.3 is 0 Å². The molecule has 0 aliphatic carbocycles. The Bertz CT molecular complexity index is 1340. The van der Waals surface area contributed by atoms with Crippen LogP contribution >= 0.6 is 0 Å². The molecule has 5 rings (SSSR count). The topological polar surface area (TPSA) is 75.5 Å². The second-order valence-corrected chi connectivity index (χ2v) is 10.2. The standard InChI is InChI=1S/C29H34N4O3/c1-20(2)21-8-10-22(11-9-21)27(34)31-15-17-32(18-16-31)28(35)23-12-13-24-25(19-23)30-26-7-5-3-4-6-14-33(26)29(24)36/h8-13,19-20H,3-7,14-18H2,1-2H3. The highest BCUT2D eigenvalue weighted by molar-refractivity contribution is 5.98. The van der Waals surface area contributed by atoms with Crippen LogP contribution in [0.15, 0.2) is 47.3 Å². The lowest BCUT2D eigenvalue weighted by atomic mass is 10.0. The summed E-state index contributed by atoms with van der Waals surface area (Å²) in [5.74, 6) is 1.17. The van der Waals surface area contributed by atoms with Gasteiger partial charge in [-0.2, -0.15) is 0 Å². The molecule has 3 heterocycles. The van der Waals surface area contributed by atoms with E-state index in [-0.39, 0.29) is 17.4 Å². The summed E-state index contributed by atoms with van der Waals surface area (Å²) in [7, 11) is 0. The van der Waals surface area contributed by atoms with Crippen molar-refractivity contribution in [3.8, 4) is 0 Å². The normalized spacial score (nSPS) is 16.5. The van der Waals surface area contributed by atoms with Gasteiger partial charge in [-0.15, -0.1) is 0 Å². The molecule has 0 bridgehead atoms. The predicted octanol–water partition coefficient (Wildman–Crippen LogP) is 4.23. The van der Waals surface area contributed by atoms with Crippen LogP contribution in [0.5, 0.6) is 0 Å². The van der Waals surface area contributed by atoms with Crippen LogP contribution in [0.25, 0.3) is 10.9 Å². The monoisotopic (exact) mass is 486 g/mol. The molecule has 2 aliphatic heterocycles. The lowest BCUT2D eigenvalue weighted by Gasteiger charge is -2.35. The van der Waals surface area contributed by atoms with Gasteiger partial charge in [-0.25, -0.2) is 4.98 Å². The van der Waals surface area contributed by atoms with Crippen LogP contribution in [0.3, 0.4) is 0 Å². The molecular weight excluding hydrogens is 452 g/mol. The summed E-state index contributed by atoms with van der Waals surface area (Å²) in [6.07, 6.45) is 5.11. The molecule has 1 saturated heterocycles. The molecule has 2 amide bonds. The number of hydrogen-bond acceptors (Lipinski definition) is 4. The van der Waals surface area contributed by atoms with Crippen molar-refractivity contribution in [3.63, 3.8) is 0 Å². The number of aryl methyl sites for hydroxylation is 1. The predicted molar refractivity (Wildman–Crippen MR) is 141 cm³/mol. The zero-order chi connectivity index (χ0) is 25.2. The van der Waals surface area contributed by atoms with Crippen molar-refractivity contribution in [1.82, 2.24) is 19.4 Å². The van der Waals surface area contributed by atoms with Gasteiger partial charge in [0.15, 0.2) is 0 Å². The molecule has 7 heteroatoms. The first kappa shape index (κ1) is 24.2. The molecule has 2 aliphatic rings. The maximum absolute atomic E-state index is 13.3. The van der Waals surface area contributed by atoms with E-state index in [4.69, 9.17) is 4.98 Å². The third-order valence-electron chi connectivity index (χ3n) is 7.49. The van der Waals surface area contributed by atoms with Crippen molar-refractivity contribution >= 4 is 22.7 Å². The van der Waals surface area contributed by atoms with Gasteiger partial charge in [0.25, 0.3) is 17.4 Å². The first-order chi connectivity index (χ1) is 17.4. The average Bonchev–Trinajstić information content (AvgIpc) is 2.89. The minimum absolute atomic E-state index is 0.00396. The molecule has 1 aromatic heterocycles. The average molecular weight is 487 g/mol. The summed E-state index contributed by atoms with van der Waals surface area (Å²) < 4.78 is 1.82. The van der Waals surface area contributed by atoms with Crippen molar-refractivity contribution < 1.29 is 9.59 Å². The van der Waals surface area contributed by atoms with E-state index in [1.54, 1.807) is 23.1 Å². The Hall–Kier alpha value is -3.48. The van der Waals surface area contributed by atoms with Crippen molar-refractivity contribution in [2.24, 2.45) is 0 Å². The SMILES string of the molecule is CC(C)c1ccc(C(=O)N2CCN(C(=O)c3ccc4c(=O)n5c(nc4c3)CCCCCC5)CC2)cc1.